The Hall–Kier alpha value is -2.41. The fourth-order valence-electron chi connectivity index (χ4n) is 4.75. The van der Waals surface area contributed by atoms with Crippen LogP contribution >= 0.6 is 0 Å². The van der Waals surface area contributed by atoms with E-state index in [1.165, 1.54) is 38.5 Å². The van der Waals surface area contributed by atoms with E-state index in [4.69, 9.17) is 10.5 Å². The Morgan fingerprint density at radius 2 is 1.33 bits per heavy atom. The number of esters is 1. The molecule has 0 rings (SSSR count). The smallest absolute Gasteiger partial charge is 0.326 e. The van der Waals surface area contributed by atoms with Gasteiger partial charge in [-0.1, -0.05) is 95.6 Å². The molecule has 1 amide bonds. The Balaban J connectivity index is 4.05. The van der Waals surface area contributed by atoms with E-state index in [1.54, 1.807) is 0 Å². The lowest BCUT2D eigenvalue weighted by molar-refractivity contribution is -0.147. The molecule has 43 heavy (non-hydrogen) atoms. The Kier molecular flexibility index (Phi) is 29.3. The predicted molar refractivity (Wildman–Crippen MR) is 179 cm³/mol. The van der Waals surface area contributed by atoms with Gasteiger partial charge >= 0.3 is 11.9 Å². The van der Waals surface area contributed by atoms with Crippen molar-refractivity contribution in [2.24, 2.45) is 5.73 Å². The highest BCUT2D eigenvalue weighted by molar-refractivity contribution is 5.83. The van der Waals surface area contributed by atoms with Gasteiger partial charge in [-0.15, -0.1) is 0 Å². The Bertz CT molecular complexity index is 778. The van der Waals surface area contributed by atoms with Gasteiger partial charge in [0, 0.05) is 12.8 Å². The van der Waals surface area contributed by atoms with Crippen LogP contribution in [0.1, 0.15) is 155 Å². The standard InChI is InChI=1S/C36H64N2O5/c1-3-5-7-8-9-10-11-12-13-14-15-16-17-18-24-30-35(40)43-32(26-21-6-4-2)27-22-19-20-23-29-34(39)38-33(36(41)42)28-25-31-37/h9-10,12-13,21,26,32-33H,3-8,11,14-20,22-25,27-31,37H2,1-2H3,(H,38,39)(H,41,42)/b10-9-,13-12-,26-21-. The lowest BCUT2D eigenvalue weighted by Gasteiger charge is -2.15. The maximum atomic E-state index is 12.5. The first-order valence-electron chi connectivity index (χ1n) is 17.3. The number of hydrogen-bond acceptors (Lipinski definition) is 5. The molecule has 7 heteroatoms. The van der Waals surface area contributed by atoms with Gasteiger partial charge in [0.05, 0.1) is 0 Å². The summed E-state index contributed by atoms with van der Waals surface area (Å²) in [4.78, 5) is 35.8. The second-order valence-electron chi connectivity index (χ2n) is 11.6. The topological polar surface area (TPSA) is 119 Å². The number of carboxylic acid groups (broad SMARTS) is 1. The number of carbonyl (C=O) groups excluding carboxylic acids is 2. The van der Waals surface area contributed by atoms with Crippen LogP contribution in [0.25, 0.3) is 0 Å². The fraction of sp³-hybridized carbons (Fsp3) is 0.750. The number of hydrogen-bond donors (Lipinski definition) is 3. The van der Waals surface area contributed by atoms with Gasteiger partial charge < -0.3 is 20.9 Å². The van der Waals surface area contributed by atoms with Crippen molar-refractivity contribution < 1.29 is 24.2 Å². The molecule has 0 aromatic heterocycles. The van der Waals surface area contributed by atoms with Crippen molar-refractivity contribution in [3.8, 4) is 0 Å². The molecule has 0 aliphatic rings. The number of allylic oxidation sites excluding steroid dienone is 5. The number of rotatable bonds is 30. The summed E-state index contributed by atoms with van der Waals surface area (Å²) in [6.45, 7) is 4.77. The van der Waals surface area contributed by atoms with Gasteiger partial charge in [0.2, 0.25) is 5.91 Å². The monoisotopic (exact) mass is 604 g/mol. The predicted octanol–water partition coefficient (Wildman–Crippen LogP) is 8.72. The molecule has 0 bridgehead atoms. The first-order valence-corrected chi connectivity index (χ1v) is 17.3. The number of carbonyl (C=O) groups is 3. The van der Waals surface area contributed by atoms with Crippen molar-refractivity contribution >= 4 is 17.8 Å². The number of ether oxygens (including phenoxy) is 1. The number of nitrogens with two attached hydrogens (primary N) is 1. The summed E-state index contributed by atoms with van der Waals surface area (Å²) in [5, 5.41) is 11.8. The minimum Gasteiger partial charge on any atom is -0.480 e. The van der Waals surface area contributed by atoms with Crippen molar-refractivity contribution in [2.75, 3.05) is 6.54 Å². The van der Waals surface area contributed by atoms with Crippen LogP contribution in [-0.4, -0.2) is 41.6 Å². The minimum absolute atomic E-state index is 0.115. The number of unbranched alkanes of at least 4 members (excludes halogenated alkanes) is 12. The van der Waals surface area contributed by atoms with Crippen LogP contribution < -0.4 is 11.1 Å². The molecule has 0 fully saturated rings. The van der Waals surface area contributed by atoms with Crippen LogP contribution in [0.4, 0.5) is 0 Å². The third kappa shape index (κ3) is 28.1. The lowest BCUT2D eigenvalue weighted by Crippen LogP contribution is -2.40. The molecule has 0 aliphatic carbocycles. The maximum absolute atomic E-state index is 12.5. The fourth-order valence-corrected chi connectivity index (χ4v) is 4.75. The molecule has 7 nitrogen and oxygen atoms in total. The molecule has 2 atom stereocenters. The van der Waals surface area contributed by atoms with Gasteiger partial charge in [-0.2, -0.15) is 0 Å². The van der Waals surface area contributed by atoms with E-state index < -0.39 is 12.0 Å². The molecule has 0 heterocycles. The van der Waals surface area contributed by atoms with Crippen molar-refractivity contribution in [3.05, 3.63) is 36.5 Å². The van der Waals surface area contributed by atoms with E-state index in [-0.39, 0.29) is 18.0 Å². The Labute approximate surface area is 263 Å². The largest absolute Gasteiger partial charge is 0.480 e. The lowest BCUT2D eigenvalue weighted by atomic mass is 10.1. The number of nitrogens with one attached hydrogen (secondary N) is 1. The van der Waals surface area contributed by atoms with Gasteiger partial charge in [0.25, 0.3) is 0 Å². The van der Waals surface area contributed by atoms with Gasteiger partial charge in [-0.3, -0.25) is 9.59 Å². The SMILES string of the molecule is CCC/C=C\C(CCCCCCC(=O)NC(CCCN)C(=O)O)OC(=O)CCCCCCC/C=C\C/C=C\CCCCC. The van der Waals surface area contributed by atoms with Crippen LogP contribution in [0.3, 0.4) is 0 Å². The molecular formula is C36H64N2O5. The van der Waals surface area contributed by atoms with E-state index in [2.05, 4.69) is 49.5 Å². The highest BCUT2D eigenvalue weighted by Gasteiger charge is 2.18. The van der Waals surface area contributed by atoms with Crippen LogP contribution in [0.2, 0.25) is 0 Å². The summed E-state index contributed by atoms with van der Waals surface area (Å²) in [6.07, 6.45) is 33.7. The Morgan fingerprint density at radius 1 is 0.698 bits per heavy atom. The van der Waals surface area contributed by atoms with Crippen molar-refractivity contribution in [1.29, 1.82) is 0 Å². The van der Waals surface area contributed by atoms with Gasteiger partial charge in [0.15, 0.2) is 0 Å². The molecule has 0 saturated heterocycles. The molecule has 0 aliphatic heterocycles. The molecular weight excluding hydrogens is 540 g/mol. The average molecular weight is 605 g/mol. The van der Waals surface area contributed by atoms with Crippen LogP contribution in [0.15, 0.2) is 36.5 Å². The zero-order valence-corrected chi connectivity index (χ0v) is 27.5. The molecule has 0 aromatic carbocycles. The maximum Gasteiger partial charge on any atom is 0.326 e. The summed E-state index contributed by atoms with van der Waals surface area (Å²) in [6, 6.07) is -0.869. The van der Waals surface area contributed by atoms with E-state index in [0.717, 1.165) is 70.6 Å². The molecule has 2 unspecified atom stereocenters. The zero-order chi connectivity index (χ0) is 31.8. The third-order valence-electron chi connectivity index (χ3n) is 7.39. The molecule has 0 saturated carbocycles. The second-order valence-corrected chi connectivity index (χ2v) is 11.6. The van der Waals surface area contributed by atoms with Crippen LogP contribution in [0, 0.1) is 0 Å². The summed E-state index contributed by atoms with van der Waals surface area (Å²) >= 11 is 0. The van der Waals surface area contributed by atoms with Gasteiger partial charge in [-0.05, 0) is 89.7 Å². The number of aliphatic carboxylic acids is 1. The average Bonchev–Trinajstić information content (AvgIpc) is 2.98. The highest BCUT2D eigenvalue weighted by Crippen LogP contribution is 2.14. The summed E-state index contributed by atoms with van der Waals surface area (Å²) in [7, 11) is 0. The van der Waals surface area contributed by atoms with Gasteiger partial charge in [0.1, 0.15) is 12.1 Å². The second kappa shape index (κ2) is 31.0. The Morgan fingerprint density at radius 3 is 1.98 bits per heavy atom. The number of carboxylic acids is 1. The van der Waals surface area contributed by atoms with Crippen LogP contribution in [0.5, 0.6) is 0 Å². The quantitative estimate of drug-likeness (QED) is 0.0429. The molecule has 4 N–H and O–H groups in total. The summed E-state index contributed by atoms with van der Waals surface area (Å²) in [5.41, 5.74) is 5.45. The van der Waals surface area contributed by atoms with E-state index in [9.17, 15) is 19.5 Å². The molecule has 0 spiro atoms. The van der Waals surface area contributed by atoms with Gasteiger partial charge in [-0.25, -0.2) is 4.79 Å². The summed E-state index contributed by atoms with van der Waals surface area (Å²) < 4.78 is 5.79. The molecule has 248 valence electrons. The minimum atomic E-state index is -1.02. The normalized spacial score (nSPS) is 13.2. The third-order valence-corrected chi connectivity index (χ3v) is 7.39. The zero-order valence-electron chi connectivity index (χ0n) is 27.5. The number of amides is 1. The van der Waals surface area contributed by atoms with E-state index in [1.807, 2.05) is 6.08 Å². The van der Waals surface area contributed by atoms with E-state index in [0.29, 0.717) is 38.6 Å². The summed E-state index contributed by atoms with van der Waals surface area (Å²) in [5.74, 6) is -1.36. The molecule has 0 radical (unpaired) electrons. The van der Waals surface area contributed by atoms with E-state index >= 15 is 0 Å². The molecule has 0 aromatic rings. The van der Waals surface area contributed by atoms with Crippen molar-refractivity contribution in [1.82, 2.24) is 5.32 Å². The highest BCUT2D eigenvalue weighted by atomic mass is 16.5. The van der Waals surface area contributed by atoms with Crippen molar-refractivity contribution in [3.63, 3.8) is 0 Å². The first-order chi connectivity index (χ1) is 20.9. The van der Waals surface area contributed by atoms with Crippen molar-refractivity contribution in [2.45, 2.75) is 167 Å². The van der Waals surface area contributed by atoms with Crippen LogP contribution in [-0.2, 0) is 19.1 Å². The first kappa shape index (κ1) is 40.6.